The van der Waals surface area contributed by atoms with Crippen LogP contribution in [0.2, 0.25) is 0 Å². The molecule has 3 aromatic rings. The molecule has 3 rings (SSSR count). The molecule has 0 saturated carbocycles. The molecule has 2 aromatic carbocycles. The monoisotopic (exact) mass is 417 g/mol. The predicted octanol–water partition coefficient (Wildman–Crippen LogP) is 4.02. The molecule has 0 aliphatic rings. The van der Waals surface area contributed by atoms with E-state index in [9.17, 15) is 13.5 Å². The Hall–Kier alpha value is -2.19. The normalized spacial score (nSPS) is 12.7. The maximum atomic E-state index is 12.8. The number of aryl methyl sites for hydroxylation is 1. The van der Waals surface area contributed by atoms with Crippen LogP contribution in [-0.4, -0.2) is 20.1 Å². The summed E-state index contributed by atoms with van der Waals surface area (Å²) in [5.74, 6) is 0.340. The number of thiophene rings is 1. The zero-order valence-corrected chi connectivity index (χ0v) is 17.4. The van der Waals surface area contributed by atoms with Gasteiger partial charge in [-0.1, -0.05) is 36.4 Å². The highest BCUT2D eigenvalue weighted by Gasteiger charge is 2.20. The molecule has 1 aromatic heterocycles. The lowest BCUT2D eigenvalue weighted by Crippen LogP contribution is -2.23. The van der Waals surface area contributed by atoms with E-state index in [2.05, 4.69) is 4.72 Å². The molecule has 0 unspecified atom stereocenters. The molecule has 148 valence electrons. The Bertz CT molecular complexity index is 1030. The lowest BCUT2D eigenvalue weighted by molar-refractivity contribution is 0.224. The largest absolute Gasteiger partial charge is 0.492 e. The van der Waals surface area contributed by atoms with Crippen molar-refractivity contribution in [3.8, 4) is 5.75 Å². The third kappa shape index (κ3) is 4.80. The second-order valence-electron chi connectivity index (χ2n) is 6.33. The van der Waals surface area contributed by atoms with Crippen molar-refractivity contribution in [3.63, 3.8) is 0 Å². The molecule has 0 bridgehead atoms. The Kier molecular flexibility index (Phi) is 6.51. The first-order valence-corrected chi connectivity index (χ1v) is 11.3. The molecule has 2 N–H and O–H groups in total. The summed E-state index contributed by atoms with van der Waals surface area (Å²) >= 11 is 1.38. The lowest BCUT2D eigenvalue weighted by Gasteiger charge is -2.12. The molecule has 0 spiro atoms. The summed E-state index contributed by atoms with van der Waals surface area (Å²) in [6.07, 6.45) is -0.724. The van der Waals surface area contributed by atoms with Crippen LogP contribution in [0.3, 0.4) is 0 Å². The van der Waals surface area contributed by atoms with E-state index in [1.54, 1.807) is 12.1 Å². The van der Waals surface area contributed by atoms with Gasteiger partial charge in [0.15, 0.2) is 0 Å². The first-order valence-electron chi connectivity index (χ1n) is 8.95. The van der Waals surface area contributed by atoms with Gasteiger partial charge in [-0.15, -0.1) is 11.3 Å². The molecule has 0 fully saturated rings. The van der Waals surface area contributed by atoms with Gasteiger partial charge in [0.05, 0.1) is 6.61 Å². The Morgan fingerprint density at radius 3 is 2.57 bits per heavy atom. The molecule has 1 atom stereocenters. The maximum absolute atomic E-state index is 12.8. The van der Waals surface area contributed by atoms with Crippen LogP contribution in [-0.2, 0) is 16.6 Å². The summed E-state index contributed by atoms with van der Waals surface area (Å²) in [4.78, 5) is 1.72. The van der Waals surface area contributed by atoms with E-state index in [1.807, 2.05) is 62.4 Å². The van der Waals surface area contributed by atoms with Crippen molar-refractivity contribution in [1.29, 1.82) is 0 Å². The molecule has 28 heavy (non-hydrogen) atoms. The number of ether oxygens (including phenoxy) is 1. The Morgan fingerprint density at radius 1 is 1.11 bits per heavy atom. The van der Waals surface area contributed by atoms with Crippen LogP contribution in [0.5, 0.6) is 5.75 Å². The summed E-state index contributed by atoms with van der Waals surface area (Å²) < 4.78 is 33.7. The minimum Gasteiger partial charge on any atom is -0.492 e. The zero-order chi connectivity index (χ0) is 20.1. The first kappa shape index (κ1) is 20.5. The number of nitrogens with one attached hydrogen (secondary N) is 1. The van der Waals surface area contributed by atoms with Crippen LogP contribution in [0.15, 0.2) is 65.6 Å². The minimum absolute atomic E-state index is 0.135. The minimum atomic E-state index is -3.73. The maximum Gasteiger partial charge on any atom is 0.244 e. The lowest BCUT2D eigenvalue weighted by atomic mass is 10.1. The number of hydrogen-bond acceptors (Lipinski definition) is 5. The van der Waals surface area contributed by atoms with E-state index in [-0.39, 0.29) is 11.4 Å². The molecular formula is C21H23NO4S2. The summed E-state index contributed by atoms with van der Waals surface area (Å²) in [5.41, 5.74) is 1.64. The van der Waals surface area contributed by atoms with Crippen molar-refractivity contribution in [2.45, 2.75) is 31.4 Å². The van der Waals surface area contributed by atoms with Crippen molar-refractivity contribution in [2.75, 3.05) is 6.61 Å². The average Bonchev–Trinajstić information content (AvgIpc) is 3.17. The van der Waals surface area contributed by atoms with E-state index in [0.29, 0.717) is 12.4 Å². The van der Waals surface area contributed by atoms with Gasteiger partial charge in [-0.3, -0.25) is 0 Å². The Balaban J connectivity index is 1.74. The standard InChI is InChI=1S/C21H23NO4S2/c1-3-26-18-11-9-15(2)13-20(18)28(24,25)22-14-17-10-12-19(27-17)21(23)16-7-5-4-6-8-16/h4-13,21-23H,3,14H2,1-2H3/t21-/m1/s1. The number of aliphatic hydroxyl groups is 1. The Morgan fingerprint density at radius 2 is 1.86 bits per heavy atom. The van der Waals surface area contributed by atoms with E-state index in [4.69, 9.17) is 4.74 Å². The molecule has 5 nitrogen and oxygen atoms in total. The second kappa shape index (κ2) is 8.87. The van der Waals surface area contributed by atoms with E-state index < -0.39 is 16.1 Å². The van der Waals surface area contributed by atoms with Crippen LogP contribution in [0.4, 0.5) is 0 Å². The Labute approximate surface area is 169 Å². The van der Waals surface area contributed by atoms with Gasteiger partial charge in [0.2, 0.25) is 10.0 Å². The fourth-order valence-electron chi connectivity index (χ4n) is 2.78. The number of rotatable bonds is 8. The zero-order valence-electron chi connectivity index (χ0n) is 15.8. The summed E-state index contributed by atoms with van der Waals surface area (Å²) in [5, 5.41) is 10.5. The van der Waals surface area contributed by atoms with Crippen molar-refractivity contribution in [2.24, 2.45) is 0 Å². The molecular weight excluding hydrogens is 394 g/mol. The van der Waals surface area contributed by atoms with Crippen molar-refractivity contribution in [3.05, 3.63) is 81.5 Å². The first-order chi connectivity index (χ1) is 13.4. The third-order valence-corrected chi connectivity index (χ3v) is 6.75. The third-order valence-electron chi connectivity index (χ3n) is 4.19. The summed E-state index contributed by atoms with van der Waals surface area (Å²) in [6, 6.07) is 18.1. The van der Waals surface area contributed by atoms with Gasteiger partial charge in [-0.05, 0) is 49.2 Å². The molecule has 0 aliphatic carbocycles. The van der Waals surface area contributed by atoms with Gasteiger partial charge in [-0.25, -0.2) is 13.1 Å². The SMILES string of the molecule is CCOc1ccc(C)cc1S(=O)(=O)NCc1ccc([C@H](O)c2ccccc2)s1. The van der Waals surface area contributed by atoms with Crippen molar-refractivity contribution >= 4 is 21.4 Å². The van der Waals surface area contributed by atoms with Crippen LogP contribution in [0.25, 0.3) is 0 Å². The topological polar surface area (TPSA) is 75.6 Å². The highest BCUT2D eigenvalue weighted by atomic mass is 32.2. The molecule has 0 radical (unpaired) electrons. The highest BCUT2D eigenvalue weighted by molar-refractivity contribution is 7.89. The average molecular weight is 418 g/mol. The molecule has 0 saturated heterocycles. The van der Waals surface area contributed by atoms with Gasteiger partial charge in [0.1, 0.15) is 16.7 Å². The molecule has 0 aliphatic heterocycles. The summed E-state index contributed by atoms with van der Waals surface area (Å²) in [6.45, 7) is 4.19. The molecule has 7 heteroatoms. The van der Waals surface area contributed by atoms with Crippen LogP contribution < -0.4 is 9.46 Å². The molecule has 0 amide bonds. The van der Waals surface area contributed by atoms with Gasteiger partial charge in [-0.2, -0.15) is 0 Å². The van der Waals surface area contributed by atoms with E-state index >= 15 is 0 Å². The van der Waals surface area contributed by atoms with Gasteiger partial charge >= 0.3 is 0 Å². The van der Waals surface area contributed by atoms with Crippen LogP contribution >= 0.6 is 11.3 Å². The second-order valence-corrected chi connectivity index (χ2v) is 9.26. The van der Waals surface area contributed by atoms with Gasteiger partial charge in [0, 0.05) is 16.3 Å². The fraction of sp³-hybridized carbons (Fsp3) is 0.238. The predicted molar refractivity (Wildman–Crippen MR) is 111 cm³/mol. The van der Waals surface area contributed by atoms with Crippen molar-refractivity contribution in [1.82, 2.24) is 4.72 Å². The number of benzene rings is 2. The van der Waals surface area contributed by atoms with E-state index in [0.717, 1.165) is 20.9 Å². The van der Waals surface area contributed by atoms with Crippen molar-refractivity contribution < 1.29 is 18.3 Å². The molecule has 1 heterocycles. The van der Waals surface area contributed by atoms with Crippen LogP contribution in [0, 0.1) is 6.92 Å². The summed E-state index contributed by atoms with van der Waals surface area (Å²) in [7, 11) is -3.73. The van der Waals surface area contributed by atoms with Gasteiger partial charge in [0.25, 0.3) is 0 Å². The smallest absolute Gasteiger partial charge is 0.244 e. The fourth-order valence-corrected chi connectivity index (χ4v) is 5.07. The number of sulfonamides is 1. The number of aliphatic hydroxyl groups excluding tert-OH is 1. The van der Waals surface area contributed by atoms with E-state index in [1.165, 1.54) is 11.3 Å². The van der Waals surface area contributed by atoms with Crippen LogP contribution in [0.1, 0.15) is 33.9 Å². The number of hydrogen-bond donors (Lipinski definition) is 2. The quantitative estimate of drug-likeness (QED) is 0.581. The highest BCUT2D eigenvalue weighted by Crippen LogP contribution is 2.29. The van der Waals surface area contributed by atoms with Gasteiger partial charge < -0.3 is 9.84 Å².